The standard InChI is InChI=1S/C13H8Br3N5/c14-8-2-4-10(16)12(6-8)21-13(18-19-20-21)7-1-3-9(15)11(17)5-7/h1-6H,17H2. The second kappa shape index (κ2) is 5.86. The Morgan fingerprint density at radius 3 is 2.48 bits per heavy atom. The van der Waals surface area contributed by atoms with Gasteiger partial charge in [0.1, 0.15) is 0 Å². The number of nitrogens with zero attached hydrogens (tertiary/aromatic N) is 4. The van der Waals surface area contributed by atoms with Crippen molar-refractivity contribution < 1.29 is 0 Å². The molecule has 0 aliphatic heterocycles. The average Bonchev–Trinajstić information content (AvgIpc) is 2.93. The van der Waals surface area contributed by atoms with Crippen molar-refractivity contribution in [3.8, 4) is 17.1 Å². The summed E-state index contributed by atoms with van der Waals surface area (Å²) in [5.74, 6) is 0.619. The number of nitrogens with two attached hydrogens (primary N) is 1. The Hall–Kier alpha value is -1.25. The molecule has 3 aromatic rings. The first-order valence-electron chi connectivity index (χ1n) is 5.85. The molecule has 1 heterocycles. The van der Waals surface area contributed by atoms with Crippen molar-refractivity contribution in [2.75, 3.05) is 5.73 Å². The number of rotatable bonds is 2. The second-order valence-corrected chi connectivity index (χ2v) is 6.87. The van der Waals surface area contributed by atoms with E-state index >= 15 is 0 Å². The molecule has 0 spiro atoms. The maximum Gasteiger partial charge on any atom is 0.187 e. The lowest BCUT2D eigenvalue weighted by atomic mass is 10.2. The van der Waals surface area contributed by atoms with Gasteiger partial charge in [0.25, 0.3) is 0 Å². The van der Waals surface area contributed by atoms with E-state index in [1.54, 1.807) is 4.68 Å². The van der Waals surface area contributed by atoms with Crippen LogP contribution in [-0.2, 0) is 0 Å². The second-order valence-electron chi connectivity index (χ2n) is 4.25. The van der Waals surface area contributed by atoms with Gasteiger partial charge in [-0.2, -0.15) is 4.68 Å². The van der Waals surface area contributed by atoms with Gasteiger partial charge in [-0.3, -0.25) is 0 Å². The number of nitrogen functional groups attached to an aromatic ring is 1. The highest BCUT2D eigenvalue weighted by molar-refractivity contribution is 9.11. The van der Waals surface area contributed by atoms with Crippen molar-refractivity contribution in [1.82, 2.24) is 20.2 Å². The van der Waals surface area contributed by atoms with Gasteiger partial charge in [0.15, 0.2) is 5.82 Å². The maximum absolute atomic E-state index is 5.93. The predicted molar refractivity (Wildman–Crippen MR) is 92.1 cm³/mol. The number of benzene rings is 2. The van der Waals surface area contributed by atoms with E-state index in [1.165, 1.54) is 0 Å². The van der Waals surface area contributed by atoms with E-state index in [1.807, 2.05) is 36.4 Å². The fourth-order valence-electron chi connectivity index (χ4n) is 1.86. The number of tetrazole rings is 1. The fourth-order valence-corrected chi connectivity index (χ4v) is 2.87. The van der Waals surface area contributed by atoms with Crippen molar-refractivity contribution in [2.45, 2.75) is 0 Å². The summed E-state index contributed by atoms with van der Waals surface area (Å²) in [7, 11) is 0. The lowest BCUT2D eigenvalue weighted by Crippen LogP contribution is -2.01. The van der Waals surface area contributed by atoms with E-state index in [4.69, 9.17) is 5.73 Å². The third-order valence-corrected chi connectivity index (χ3v) is 4.75. The maximum atomic E-state index is 5.93. The zero-order chi connectivity index (χ0) is 15.0. The average molecular weight is 474 g/mol. The molecule has 3 rings (SSSR count). The third-order valence-electron chi connectivity index (χ3n) is 2.86. The first-order chi connectivity index (χ1) is 10.1. The van der Waals surface area contributed by atoms with Crippen LogP contribution in [0, 0.1) is 0 Å². The topological polar surface area (TPSA) is 69.6 Å². The number of aromatic nitrogens is 4. The lowest BCUT2D eigenvalue weighted by molar-refractivity contribution is 0.788. The number of hydrogen-bond acceptors (Lipinski definition) is 4. The van der Waals surface area contributed by atoms with Gasteiger partial charge in [-0.1, -0.05) is 15.9 Å². The summed E-state index contributed by atoms with van der Waals surface area (Å²) in [6.07, 6.45) is 0. The van der Waals surface area contributed by atoms with E-state index in [0.717, 1.165) is 24.7 Å². The van der Waals surface area contributed by atoms with Crippen LogP contribution in [0.15, 0.2) is 49.8 Å². The predicted octanol–water partition coefficient (Wildman–Crippen LogP) is 4.20. The van der Waals surface area contributed by atoms with Gasteiger partial charge in [-0.15, -0.1) is 5.10 Å². The molecule has 0 aliphatic rings. The monoisotopic (exact) mass is 471 g/mol. The van der Waals surface area contributed by atoms with Crippen molar-refractivity contribution in [2.24, 2.45) is 0 Å². The van der Waals surface area contributed by atoms with Crippen molar-refractivity contribution in [1.29, 1.82) is 0 Å². The van der Waals surface area contributed by atoms with E-state index < -0.39 is 0 Å². The largest absolute Gasteiger partial charge is 0.398 e. The van der Waals surface area contributed by atoms with Gasteiger partial charge in [-0.25, -0.2) is 0 Å². The van der Waals surface area contributed by atoms with Crippen LogP contribution in [0.4, 0.5) is 5.69 Å². The minimum absolute atomic E-state index is 0.619. The highest BCUT2D eigenvalue weighted by Crippen LogP contribution is 2.30. The first kappa shape index (κ1) is 14.7. The van der Waals surface area contributed by atoms with E-state index in [0.29, 0.717) is 11.5 Å². The lowest BCUT2D eigenvalue weighted by Gasteiger charge is -2.08. The summed E-state index contributed by atoms with van der Waals surface area (Å²) in [5.41, 5.74) is 8.24. The van der Waals surface area contributed by atoms with Gasteiger partial charge >= 0.3 is 0 Å². The highest BCUT2D eigenvalue weighted by Gasteiger charge is 2.14. The van der Waals surface area contributed by atoms with E-state index in [9.17, 15) is 0 Å². The normalized spacial score (nSPS) is 10.8. The van der Waals surface area contributed by atoms with Crippen LogP contribution in [0.5, 0.6) is 0 Å². The Bertz CT molecular complexity index is 815. The number of halogens is 3. The summed E-state index contributed by atoms with van der Waals surface area (Å²) < 4.78 is 4.34. The molecule has 0 unspecified atom stereocenters. The molecule has 21 heavy (non-hydrogen) atoms. The molecular formula is C13H8Br3N5. The van der Waals surface area contributed by atoms with Gasteiger partial charge in [0.2, 0.25) is 0 Å². The summed E-state index contributed by atoms with van der Waals surface area (Å²) in [6.45, 7) is 0. The molecule has 0 atom stereocenters. The minimum atomic E-state index is 0.619. The smallest absolute Gasteiger partial charge is 0.187 e. The van der Waals surface area contributed by atoms with Crippen LogP contribution < -0.4 is 5.73 Å². The molecule has 1 aromatic heterocycles. The molecule has 5 nitrogen and oxygen atoms in total. The van der Waals surface area contributed by atoms with Crippen molar-refractivity contribution in [3.63, 3.8) is 0 Å². The minimum Gasteiger partial charge on any atom is -0.398 e. The molecule has 0 radical (unpaired) electrons. The zero-order valence-electron chi connectivity index (χ0n) is 10.5. The van der Waals surface area contributed by atoms with Crippen molar-refractivity contribution >= 4 is 53.5 Å². The quantitative estimate of drug-likeness (QED) is 0.566. The molecule has 8 heteroatoms. The Morgan fingerprint density at radius 2 is 1.71 bits per heavy atom. The van der Waals surface area contributed by atoms with Gasteiger partial charge in [0.05, 0.1) is 5.69 Å². The Kier molecular flexibility index (Phi) is 4.10. The SMILES string of the molecule is Nc1cc(-c2nnnn2-c2cc(Br)ccc2Br)ccc1Br. The molecule has 106 valence electrons. The summed E-state index contributed by atoms with van der Waals surface area (Å²) in [6, 6.07) is 11.4. The van der Waals surface area contributed by atoms with Gasteiger partial charge in [-0.05, 0) is 78.7 Å². The fraction of sp³-hybridized carbons (Fsp3) is 0. The number of anilines is 1. The molecular weight excluding hydrogens is 466 g/mol. The molecule has 2 N–H and O–H groups in total. The molecule has 0 saturated carbocycles. The Balaban J connectivity index is 2.17. The van der Waals surface area contributed by atoms with Gasteiger partial charge < -0.3 is 5.73 Å². The van der Waals surface area contributed by atoms with Crippen LogP contribution >= 0.6 is 47.8 Å². The Labute approximate surface area is 145 Å². The van der Waals surface area contributed by atoms with E-state index in [-0.39, 0.29) is 0 Å². The molecule has 0 saturated heterocycles. The van der Waals surface area contributed by atoms with Crippen molar-refractivity contribution in [3.05, 3.63) is 49.8 Å². The molecule has 0 aliphatic carbocycles. The summed E-state index contributed by atoms with van der Waals surface area (Å²) in [4.78, 5) is 0. The summed E-state index contributed by atoms with van der Waals surface area (Å²) in [5, 5.41) is 11.9. The van der Waals surface area contributed by atoms with Crippen LogP contribution in [0.1, 0.15) is 0 Å². The molecule has 0 bridgehead atoms. The summed E-state index contributed by atoms with van der Waals surface area (Å²) >= 11 is 10.4. The van der Waals surface area contributed by atoms with Gasteiger partial charge in [0, 0.05) is 24.7 Å². The molecule has 0 fully saturated rings. The zero-order valence-corrected chi connectivity index (χ0v) is 15.2. The number of hydrogen-bond donors (Lipinski definition) is 1. The molecule has 2 aromatic carbocycles. The highest BCUT2D eigenvalue weighted by atomic mass is 79.9. The van der Waals surface area contributed by atoms with Crippen LogP contribution in [0.3, 0.4) is 0 Å². The first-order valence-corrected chi connectivity index (χ1v) is 8.23. The van der Waals surface area contributed by atoms with E-state index in [2.05, 4.69) is 63.3 Å². The molecule has 0 amide bonds. The van der Waals surface area contributed by atoms with Crippen LogP contribution in [-0.4, -0.2) is 20.2 Å². The van der Waals surface area contributed by atoms with Crippen LogP contribution in [0.2, 0.25) is 0 Å². The Morgan fingerprint density at radius 1 is 0.952 bits per heavy atom. The van der Waals surface area contributed by atoms with Crippen LogP contribution in [0.25, 0.3) is 17.1 Å². The third kappa shape index (κ3) is 2.88.